The Morgan fingerprint density at radius 1 is 1.40 bits per heavy atom. The van der Waals surface area contributed by atoms with E-state index in [4.69, 9.17) is 10.5 Å². The van der Waals surface area contributed by atoms with Crippen LogP contribution in [0.2, 0.25) is 0 Å². The standard InChI is InChI=1S/C15H17N3O2/c1-20-15-5-4-12(7-13(15)16)14(19)10-18-9-11-3-2-6-17-8-11/h2-8,18H,9-10,16H2,1H3. The lowest BCUT2D eigenvalue weighted by molar-refractivity contribution is 0.0991. The lowest BCUT2D eigenvalue weighted by Crippen LogP contribution is -2.22. The average Bonchev–Trinajstić information content (AvgIpc) is 2.48. The molecule has 0 atom stereocenters. The summed E-state index contributed by atoms with van der Waals surface area (Å²) in [6, 6.07) is 8.86. The highest BCUT2D eigenvalue weighted by molar-refractivity contribution is 5.98. The molecule has 1 aromatic heterocycles. The van der Waals surface area contributed by atoms with Crippen LogP contribution in [0.5, 0.6) is 5.75 Å². The summed E-state index contributed by atoms with van der Waals surface area (Å²) in [4.78, 5) is 16.0. The van der Waals surface area contributed by atoms with Crippen LogP contribution in [0.15, 0.2) is 42.7 Å². The maximum absolute atomic E-state index is 12.0. The molecule has 20 heavy (non-hydrogen) atoms. The zero-order valence-corrected chi connectivity index (χ0v) is 11.3. The number of Topliss-reactive ketones (excluding diaryl/α,β-unsaturated/α-hetero) is 1. The number of nitrogens with two attached hydrogens (primary N) is 1. The Labute approximate surface area is 117 Å². The van der Waals surface area contributed by atoms with Gasteiger partial charge in [-0.2, -0.15) is 0 Å². The van der Waals surface area contributed by atoms with Gasteiger partial charge >= 0.3 is 0 Å². The maximum Gasteiger partial charge on any atom is 0.176 e. The van der Waals surface area contributed by atoms with Crippen molar-refractivity contribution >= 4 is 11.5 Å². The molecule has 5 nitrogen and oxygen atoms in total. The molecule has 0 spiro atoms. The molecule has 0 aliphatic carbocycles. The number of hydrogen-bond donors (Lipinski definition) is 2. The molecule has 1 heterocycles. The van der Waals surface area contributed by atoms with Crippen LogP contribution in [0.3, 0.4) is 0 Å². The maximum atomic E-state index is 12.0. The Morgan fingerprint density at radius 3 is 2.90 bits per heavy atom. The van der Waals surface area contributed by atoms with Crippen molar-refractivity contribution in [2.24, 2.45) is 0 Å². The third-order valence-corrected chi connectivity index (χ3v) is 2.89. The summed E-state index contributed by atoms with van der Waals surface area (Å²) in [5, 5.41) is 3.09. The number of ketones is 1. The number of pyridine rings is 1. The van der Waals surface area contributed by atoms with Gasteiger partial charge in [-0.05, 0) is 29.8 Å². The second-order valence-electron chi connectivity index (χ2n) is 4.34. The molecule has 0 aliphatic heterocycles. The van der Waals surface area contributed by atoms with E-state index in [0.717, 1.165) is 5.56 Å². The van der Waals surface area contributed by atoms with Gasteiger partial charge < -0.3 is 15.8 Å². The van der Waals surface area contributed by atoms with E-state index in [0.29, 0.717) is 23.5 Å². The smallest absolute Gasteiger partial charge is 0.176 e. The van der Waals surface area contributed by atoms with Crippen LogP contribution in [-0.2, 0) is 6.54 Å². The normalized spacial score (nSPS) is 10.2. The fourth-order valence-corrected chi connectivity index (χ4v) is 1.83. The number of hydrogen-bond acceptors (Lipinski definition) is 5. The molecule has 0 saturated heterocycles. The van der Waals surface area contributed by atoms with Crippen LogP contribution < -0.4 is 15.8 Å². The highest BCUT2D eigenvalue weighted by atomic mass is 16.5. The fourth-order valence-electron chi connectivity index (χ4n) is 1.83. The van der Waals surface area contributed by atoms with Crippen LogP contribution in [0.1, 0.15) is 15.9 Å². The molecule has 0 unspecified atom stereocenters. The average molecular weight is 271 g/mol. The van der Waals surface area contributed by atoms with E-state index < -0.39 is 0 Å². The van der Waals surface area contributed by atoms with Gasteiger partial charge in [0, 0.05) is 24.5 Å². The first kappa shape index (κ1) is 14.0. The molecular formula is C15H17N3O2. The van der Waals surface area contributed by atoms with Crippen molar-refractivity contribution in [3.8, 4) is 5.75 Å². The van der Waals surface area contributed by atoms with Gasteiger partial charge in [0.1, 0.15) is 5.75 Å². The van der Waals surface area contributed by atoms with Crippen LogP contribution in [-0.4, -0.2) is 24.4 Å². The number of methoxy groups -OCH3 is 1. The fraction of sp³-hybridized carbons (Fsp3) is 0.200. The van der Waals surface area contributed by atoms with Crippen molar-refractivity contribution in [3.05, 3.63) is 53.9 Å². The van der Waals surface area contributed by atoms with Gasteiger partial charge in [-0.25, -0.2) is 0 Å². The van der Waals surface area contributed by atoms with E-state index in [1.54, 1.807) is 37.7 Å². The molecule has 3 N–H and O–H groups in total. The third kappa shape index (κ3) is 3.55. The summed E-state index contributed by atoms with van der Waals surface area (Å²) in [7, 11) is 1.54. The molecule has 0 fully saturated rings. The molecule has 2 rings (SSSR count). The Hall–Kier alpha value is -2.40. The molecule has 0 radical (unpaired) electrons. The molecular weight excluding hydrogens is 254 g/mol. The molecule has 0 amide bonds. The minimum absolute atomic E-state index is 0.0109. The van der Waals surface area contributed by atoms with Crippen molar-refractivity contribution in [1.82, 2.24) is 10.3 Å². The van der Waals surface area contributed by atoms with Crippen molar-refractivity contribution < 1.29 is 9.53 Å². The lowest BCUT2D eigenvalue weighted by Gasteiger charge is -2.07. The van der Waals surface area contributed by atoms with Crippen molar-refractivity contribution in [2.45, 2.75) is 6.54 Å². The summed E-state index contributed by atoms with van der Waals surface area (Å²) >= 11 is 0. The summed E-state index contributed by atoms with van der Waals surface area (Å²) in [6.07, 6.45) is 3.48. The predicted octanol–water partition coefficient (Wildman–Crippen LogP) is 1.64. The van der Waals surface area contributed by atoms with Gasteiger partial charge in [-0.3, -0.25) is 9.78 Å². The van der Waals surface area contributed by atoms with E-state index in [1.807, 2.05) is 12.1 Å². The number of nitrogens with one attached hydrogen (secondary N) is 1. The summed E-state index contributed by atoms with van der Waals surface area (Å²) in [5.74, 6) is 0.563. The first-order valence-corrected chi connectivity index (χ1v) is 6.27. The van der Waals surface area contributed by atoms with E-state index in [2.05, 4.69) is 10.3 Å². The van der Waals surface area contributed by atoms with Crippen LogP contribution >= 0.6 is 0 Å². The van der Waals surface area contributed by atoms with Crippen LogP contribution in [0, 0.1) is 0 Å². The third-order valence-electron chi connectivity index (χ3n) is 2.89. The van der Waals surface area contributed by atoms with Crippen molar-refractivity contribution in [1.29, 1.82) is 0 Å². The molecule has 104 valence electrons. The summed E-state index contributed by atoms with van der Waals surface area (Å²) in [5.41, 5.74) is 7.85. The number of anilines is 1. The number of nitrogens with zero attached hydrogens (tertiary/aromatic N) is 1. The minimum atomic E-state index is -0.0109. The second kappa shape index (κ2) is 6.68. The number of rotatable bonds is 6. The zero-order chi connectivity index (χ0) is 14.4. The first-order chi connectivity index (χ1) is 9.70. The summed E-state index contributed by atoms with van der Waals surface area (Å²) in [6.45, 7) is 0.853. The first-order valence-electron chi connectivity index (χ1n) is 6.27. The van der Waals surface area contributed by atoms with Crippen molar-refractivity contribution in [3.63, 3.8) is 0 Å². The second-order valence-corrected chi connectivity index (χ2v) is 4.34. The Morgan fingerprint density at radius 2 is 2.25 bits per heavy atom. The van der Waals surface area contributed by atoms with Gasteiger partial charge in [0.15, 0.2) is 5.78 Å². The van der Waals surface area contributed by atoms with Gasteiger partial charge in [-0.15, -0.1) is 0 Å². The van der Waals surface area contributed by atoms with Crippen molar-refractivity contribution in [2.75, 3.05) is 19.4 Å². The SMILES string of the molecule is COc1ccc(C(=O)CNCc2cccnc2)cc1N. The van der Waals surface area contributed by atoms with Gasteiger partial charge in [0.25, 0.3) is 0 Å². The Balaban J connectivity index is 1.90. The number of benzene rings is 1. The van der Waals surface area contributed by atoms with Gasteiger partial charge in [-0.1, -0.05) is 6.07 Å². The molecule has 0 aliphatic rings. The van der Waals surface area contributed by atoms with Gasteiger partial charge in [0.05, 0.1) is 19.3 Å². The Kier molecular flexibility index (Phi) is 4.68. The number of aromatic nitrogens is 1. The van der Waals surface area contributed by atoms with E-state index in [-0.39, 0.29) is 12.3 Å². The lowest BCUT2D eigenvalue weighted by atomic mass is 10.1. The predicted molar refractivity (Wildman–Crippen MR) is 77.7 cm³/mol. The molecule has 0 bridgehead atoms. The van der Waals surface area contributed by atoms with E-state index >= 15 is 0 Å². The van der Waals surface area contributed by atoms with E-state index in [1.165, 1.54) is 0 Å². The molecule has 5 heteroatoms. The summed E-state index contributed by atoms with van der Waals surface area (Å²) < 4.78 is 5.06. The zero-order valence-electron chi connectivity index (χ0n) is 11.3. The van der Waals surface area contributed by atoms with Crippen LogP contribution in [0.4, 0.5) is 5.69 Å². The van der Waals surface area contributed by atoms with Gasteiger partial charge in [0.2, 0.25) is 0 Å². The Bertz CT molecular complexity index is 585. The number of nitrogen functional groups attached to an aromatic ring is 1. The minimum Gasteiger partial charge on any atom is -0.495 e. The highest BCUT2D eigenvalue weighted by Crippen LogP contribution is 2.21. The number of ether oxygens (including phenoxy) is 1. The highest BCUT2D eigenvalue weighted by Gasteiger charge is 2.08. The molecule has 2 aromatic rings. The van der Waals surface area contributed by atoms with Crippen LogP contribution in [0.25, 0.3) is 0 Å². The quantitative estimate of drug-likeness (QED) is 0.617. The number of carbonyl (C=O) groups excluding carboxylic acids is 1. The largest absolute Gasteiger partial charge is 0.495 e. The molecule has 0 saturated carbocycles. The van der Waals surface area contributed by atoms with E-state index in [9.17, 15) is 4.79 Å². The topological polar surface area (TPSA) is 77.2 Å². The monoisotopic (exact) mass is 271 g/mol. The number of carbonyl (C=O) groups is 1. The molecule has 1 aromatic carbocycles.